The van der Waals surface area contributed by atoms with Crippen molar-refractivity contribution in [2.24, 2.45) is 0 Å². The molecule has 2 rings (SSSR count). The summed E-state index contributed by atoms with van der Waals surface area (Å²) in [5.74, 6) is -5.54. The van der Waals surface area contributed by atoms with Crippen LogP contribution in [0.3, 0.4) is 0 Å². The van der Waals surface area contributed by atoms with Gasteiger partial charge < -0.3 is 15.4 Å². The lowest BCUT2D eigenvalue weighted by Gasteiger charge is -2.17. The lowest BCUT2D eigenvalue weighted by Crippen LogP contribution is -2.33. The Morgan fingerprint density at radius 1 is 1.21 bits per heavy atom. The molecule has 0 aliphatic carbocycles. The Labute approximate surface area is 170 Å². The van der Waals surface area contributed by atoms with Crippen molar-refractivity contribution >= 4 is 46.0 Å². The van der Waals surface area contributed by atoms with Crippen LogP contribution in [-0.4, -0.2) is 29.0 Å². The highest BCUT2D eigenvalue weighted by Crippen LogP contribution is 2.29. The standard InChI is InChI=1S/C16H11ClF5N3O3S/c17-12-5-8(1-2-13(12)18)23-15(29)24-9-3-10(25(26)27)6-11(4-9)28-7-16(21,22)14(19)20/h1-6,14H,7H2,(H2,23,24,29). The quantitative estimate of drug-likeness (QED) is 0.249. The van der Waals surface area contributed by atoms with Gasteiger partial charge in [0, 0.05) is 17.8 Å². The summed E-state index contributed by atoms with van der Waals surface area (Å²) in [6.45, 7) is -1.68. The molecule has 0 saturated heterocycles. The zero-order chi connectivity index (χ0) is 21.8. The van der Waals surface area contributed by atoms with Gasteiger partial charge in [0.25, 0.3) is 5.69 Å². The monoisotopic (exact) mass is 455 g/mol. The van der Waals surface area contributed by atoms with E-state index in [1.165, 1.54) is 12.1 Å². The third-order valence-corrected chi connectivity index (χ3v) is 3.78. The number of nitro groups is 1. The SMILES string of the molecule is O=[N+]([O-])c1cc(NC(=S)Nc2ccc(F)c(Cl)c2)cc(OCC(F)(F)C(F)F)c1. The molecule has 2 aromatic carbocycles. The Hall–Kier alpha value is -2.73. The molecular weight excluding hydrogens is 445 g/mol. The zero-order valence-corrected chi connectivity index (χ0v) is 15.7. The van der Waals surface area contributed by atoms with Gasteiger partial charge in [-0.25, -0.2) is 13.2 Å². The van der Waals surface area contributed by atoms with Crippen molar-refractivity contribution in [1.29, 1.82) is 0 Å². The van der Waals surface area contributed by atoms with Crippen LogP contribution in [0.15, 0.2) is 36.4 Å². The van der Waals surface area contributed by atoms with Crippen molar-refractivity contribution < 1.29 is 31.6 Å². The van der Waals surface area contributed by atoms with Gasteiger partial charge in [-0.3, -0.25) is 10.1 Å². The highest BCUT2D eigenvalue weighted by Gasteiger charge is 2.41. The van der Waals surface area contributed by atoms with E-state index in [1.54, 1.807) is 0 Å². The number of nitro benzene ring substituents is 1. The van der Waals surface area contributed by atoms with Gasteiger partial charge in [0.1, 0.15) is 11.6 Å². The summed E-state index contributed by atoms with van der Waals surface area (Å²) >= 11 is 10.7. The van der Waals surface area contributed by atoms with Crippen molar-refractivity contribution in [3.63, 3.8) is 0 Å². The van der Waals surface area contributed by atoms with E-state index < -0.39 is 41.1 Å². The van der Waals surface area contributed by atoms with Gasteiger partial charge in [-0.2, -0.15) is 8.78 Å². The number of nitrogens with zero attached hydrogens (tertiary/aromatic N) is 1. The molecule has 29 heavy (non-hydrogen) atoms. The third kappa shape index (κ3) is 6.39. The first kappa shape index (κ1) is 22.6. The summed E-state index contributed by atoms with van der Waals surface area (Å²) < 4.78 is 68.2. The molecule has 13 heteroatoms. The van der Waals surface area contributed by atoms with E-state index in [9.17, 15) is 32.1 Å². The number of halogens is 6. The second kappa shape index (κ2) is 9.18. The van der Waals surface area contributed by atoms with Crippen LogP contribution < -0.4 is 15.4 Å². The van der Waals surface area contributed by atoms with Crippen LogP contribution in [0.5, 0.6) is 5.75 Å². The fraction of sp³-hybridized carbons (Fsp3) is 0.188. The molecule has 0 aliphatic rings. The second-order valence-electron chi connectivity index (χ2n) is 5.53. The minimum atomic E-state index is -4.43. The van der Waals surface area contributed by atoms with Gasteiger partial charge >= 0.3 is 12.3 Å². The molecule has 2 N–H and O–H groups in total. The van der Waals surface area contributed by atoms with Crippen LogP contribution in [0.1, 0.15) is 0 Å². The minimum Gasteiger partial charge on any atom is -0.487 e. The van der Waals surface area contributed by atoms with Gasteiger partial charge in [0.15, 0.2) is 11.7 Å². The number of anilines is 2. The lowest BCUT2D eigenvalue weighted by molar-refractivity contribution is -0.384. The average Bonchev–Trinajstić information content (AvgIpc) is 2.62. The van der Waals surface area contributed by atoms with Crippen molar-refractivity contribution in [3.8, 4) is 5.75 Å². The molecule has 0 radical (unpaired) electrons. The minimum absolute atomic E-state index is 0.0414. The van der Waals surface area contributed by atoms with Crippen LogP contribution >= 0.6 is 23.8 Å². The Kier molecular flexibility index (Phi) is 7.14. The number of non-ortho nitro benzene ring substituents is 1. The summed E-state index contributed by atoms with van der Waals surface area (Å²) in [5.41, 5.74) is -0.300. The first-order valence-corrected chi connectivity index (χ1v) is 8.38. The first-order chi connectivity index (χ1) is 13.5. The number of ether oxygens (including phenoxy) is 1. The molecular formula is C16H11ClF5N3O3S. The highest BCUT2D eigenvalue weighted by molar-refractivity contribution is 7.80. The molecule has 156 valence electrons. The van der Waals surface area contributed by atoms with Gasteiger partial charge in [-0.15, -0.1) is 0 Å². The number of rotatable bonds is 7. The summed E-state index contributed by atoms with van der Waals surface area (Å²) in [6, 6.07) is 6.51. The van der Waals surface area contributed by atoms with Gasteiger partial charge in [-0.1, -0.05) is 11.6 Å². The summed E-state index contributed by atoms with van der Waals surface area (Å²) in [5, 5.41) is 15.9. The van der Waals surface area contributed by atoms with E-state index in [1.807, 2.05) is 0 Å². The summed E-state index contributed by atoms with van der Waals surface area (Å²) in [7, 11) is 0. The number of benzene rings is 2. The number of nitrogens with one attached hydrogen (secondary N) is 2. The molecule has 6 nitrogen and oxygen atoms in total. The van der Waals surface area contributed by atoms with E-state index in [4.69, 9.17) is 23.8 Å². The van der Waals surface area contributed by atoms with Crippen molar-refractivity contribution in [3.05, 3.63) is 57.4 Å². The van der Waals surface area contributed by atoms with E-state index in [0.29, 0.717) is 5.69 Å². The largest absolute Gasteiger partial charge is 0.487 e. The Morgan fingerprint density at radius 2 is 1.86 bits per heavy atom. The van der Waals surface area contributed by atoms with Gasteiger partial charge in [0.05, 0.1) is 21.7 Å². The molecule has 0 aliphatic heterocycles. The van der Waals surface area contributed by atoms with Crippen LogP contribution in [0.4, 0.5) is 39.0 Å². The first-order valence-electron chi connectivity index (χ1n) is 7.59. The van der Waals surface area contributed by atoms with Gasteiger partial charge in [-0.05, 0) is 30.4 Å². The fourth-order valence-corrected chi connectivity index (χ4v) is 2.37. The molecule has 0 saturated carbocycles. The maximum absolute atomic E-state index is 13.2. The molecule has 0 spiro atoms. The van der Waals surface area contributed by atoms with Crippen molar-refractivity contribution in [2.45, 2.75) is 12.3 Å². The van der Waals surface area contributed by atoms with Crippen LogP contribution in [0, 0.1) is 15.9 Å². The summed E-state index contributed by atoms with van der Waals surface area (Å²) in [6.07, 6.45) is -3.96. The summed E-state index contributed by atoms with van der Waals surface area (Å²) in [4.78, 5) is 10.2. The topological polar surface area (TPSA) is 76.4 Å². The van der Waals surface area contributed by atoms with E-state index in [-0.39, 0.29) is 15.8 Å². The second-order valence-corrected chi connectivity index (χ2v) is 6.35. The number of hydrogen-bond acceptors (Lipinski definition) is 4. The van der Waals surface area contributed by atoms with E-state index >= 15 is 0 Å². The number of alkyl halides is 4. The Balaban J connectivity index is 2.16. The zero-order valence-electron chi connectivity index (χ0n) is 14.1. The maximum atomic E-state index is 13.2. The van der Waals surface area contributed by atoms with Crippen molar-refractivity contribution in [1.82, 2.24) is 0 Å². The normalized spacial score (nSPS) is 11.3. The molecule has 0 fully saturated rings. The average molecular weight is 456 g/mol. The molecule has 0 amide bonds. The molecule has 0 bridgehead atoms. The number of hydrogen-bond donors (Lipinski definition) is 2. The Bertz CT molecular complexity index is 933. The Morgan fingerprint density at radius 3 is 2.45 bits per heavy atom. The smallest absolute Gasteiger partial charge is 0.340 e. The molecule has 0 unspecified atom stereocenters. The van der Waals surface area contributed by atoms with Gasteiger partial charge in [0.2, 0.25) is 0 Å². The molecule has 2 aromatic rings. The maximum Gasteiger partial charge on any atom is 0.340 e. The molecule has 0 aromatic heterocycles. The van der Waals surface area contributed by atoms with E-state index in [0.717, 1.165) is 24.3 Å². The molecule has 0 atom stereocenters. The molecule has 0 heterocycles. The van der Waals surface area contributed by atoms with Crippen LogP contribution in [-0.2, 0) is 0 Å². The fourth-order valence-electron chi connectivity index (χ4n) is 1.95. The van der Waals surface area contributed by atoms with Crippen LogP contribution in [0.2, 0.25) is 5.02 Å². The third-order valence-electron chi connectivity index (χ3n) is 3.29. The van der Waals surface area contributed by atoms with Crippen LogP contribution in [0.25, 0.3) is 0 Å². The number of thiocarbonyl (C=S) groups is 1. The predicted molar refractivity (Wildman–Crippen MR) is 101 cm³/mol. The lowest BCUT2D eigenvalue weighted by atomic mass is 10.2. The van der Waals surface area contributed by atoms with E-state index in [2.05, 4.69) is 15.4 Å². The highest BCUT2D eigenvalue weighted by atomic mass is 35.5. The predicted octanol–water partition coefficient (Wildman–Crippen LogP) is 5.48. The van der Waals surface area contributed by atoms with Crippen molar-refractivity contribution in [2.75, 3.05) is 17.2 Å².